The Morgan fingerprint density at radius 1 is 1.24 bits per heavy atom. The maximum absolute atomic E-state index is 13.2. The van der Waals surface area contributed by atoms with Crippen LogP contribution in [0.15, 0.2) is 78.3 Å². The summed E-state index contributed by atoms with van der Waals surface area (Å²) in [5, 5.41) is 0. The minimum absolute atomic E-state index is 0.0746. The molecular formula is C28H36N4O2. The minimum atomic E-state index is -0.379. The zero-order chi connectivity index (χ0) is 24.6. The number of nitrogens with zero attached hydrogens (tertiary/aromatic N) is 3. The number of carbonyl (C=O) groups is 1. The smallest absolute Gasteiger partial charge is 0.217 e. The minimum Gasteiger partial charge on any atom is -0.472 e. The lowest BCUT2D eigenvalue weighted by Gasteiger charge is -2.32. The van der Waals surface area contributed by atoms with Crippen LogP contribution in [0.2, 0.25) is 0 Å². The van der Waals surface area contributed by atoms with E-state index >= 15 is 0 Å². The Kier molecular flexibility index (Phi) is 8.77. The highest BCUT2D eigenvalue weighted by Gasteiger charge is 2.27. The topological polar surface area (TPSA) is 80.8 Å². The van der Waals surface area contributed by atoms with Gasteiger partial charge in [-0.3, -0.25) is 14.7 Å². The van der Waals surface area contributed by atoms with Gasteiger partial charge in [-0.25, -0.2) is 4.99 Å². The number of benzene rings is 1. The summed E-state index contributed by atoms with van der Waals surface area (Å²) in [6.45, 7) is 12.5. The van der Waals surface area contributed by atoms with Crippen LogP contribution in [0, 0.1) is 5.92 Å². The molecule has 0 unspecified atom stereocenters. The van der Waals surface area contributed by atoms with E-state index in [4.69, 9.17) is 10.5 Å². The fourth-order valence-corrected chi connectivity index (χ4v) is 4.15. The predicted octanol–water partition coefficient (Wildman–Crippen LogP) is 4.77. The van der Waals surface area contributed by atoms with Crippen molar-refractivity contribution in [2.75, 3.05) is 19.6 Å². The van der Waals surface area contributed by atoms with E-state index in [2.05, 4.69) is 27.5 Å². The summed E-state index contributed by atoms with van der Waals surface area (Å²) >= 11 is 0. The molecule has 6 nitrogen and oxygen atoms in total. The number of hydrogen-bond donors (Lipinski definition) is 1. The lowest BCUT2D eigenvalue weighted by Crippen LogP contribution is -2.39. The number of aromatic nitrogens is 1. The molecule has 1 fully saturated rings. The SMILES string of the molecule is C=C(CN1CCC(C(=O)Cc2ccccc2-c2cccnc2)CC1)/C(=N\C=C/N)OC(C)(C)C. The van der Waals surface area contributed by atoms with E-state index < -0.39 is 0 Å². The van der Waals surface area contributed by atoms with Crippen molar-refractivity contribution >= 4 is 11.7 Å². The van der Waals surface area contributed by atoms with Crippen LogP contribution in [0.1, 0.15) is 39.2 Å². The molecule has 1 aromatic heterocycles. The summed E-state index contributed by atoms with van der Waals surface area (Å²) in [6.07, 6.45) is 8.64. The number of Topliss-reactive ketones (excluding diaryl/α,β-unsaturated/α-hetero) is 1. The molecule has 0 radical (unpaired) electrons. The predicted molar refractivity (Wildman–Crippen MR) is 138 cm³/mol. The zero-order valence-electron chi connectivity index (χ0n) is 20.5. The van der Waals surface area contributed by atoms with Gasteiger partial charge in [-0.05, 0) is 63.9 Å². The van der Waals surface area contributed by atoms with Gasteiger partial charge in [0.05, 0.1) is 0 Å². The third-order valence-electron chi connectivity index (χ3n) is 5.80. The summed E-state index contributed by atoms with van der Waals surface area (Å²) in [5.74, 6) is 0.881. The molecule has 1 saturated heterocycles. The van der Waals surface area contributed by atoms with E-state index in [1.54, 1.807) is 6.20 Å². The number of carbonyl (C=O) groups excluding carboxylic acids is 1. The Balaban J connectivity index is 1.57. The molecule has 1 aliphatic rings. The molecule has 0 amide bonds. The van der Waals surface area contributed by atoms with Crippen molar-refractivity contribution < 1.29 is 9.53 Å². The molecule has 0 aliphatic carbocycles. The van der Waals surface area contributed by atoms with E-state index in [0.29, 0.717) is 24.6 Å². The number of ketones is 1. The standard InChI is InChI=1S/C28H36N4O2/c1-21(27(31-15-13-29)34-28(2,3)4)20-32-16-11-22(12-17-32)26(33)18-23-8-5-6-10-25(23)24-9-7-14-30-19-24/h5-10,13-15,19,22H,1,11-12,16-18,20,29H2,2-4H3/b15-13-,31-27+. The molecule has 0 spiro atoms. The van der Waals surface area contributed by atoms with Crippen LogP contribution in [0.4, 0.5) is 0 Å². The Labute approximate surface area is 203 Å². The molecule has 34 heavy (non-hydrogen) atoms. The summed E-state index contributed by atoms with van der Waals surface area (Å²) in [4.78, 5) is 24.0. The Morgan fingerprint density at radius 2 is 1.97 bits per heavy atom. The summed E-state index contributed by atoms with van der Waals surface area (Å²) < 4.78 is 5.98. The van der Waals surface area contributed by atoms with Crippen molar-refractivity contribution in [1.29, 1.82) is 0 Å². The molecule has 0 bridgehead atoms. The van der Waals surface area contributed by atoms with E-state index in [1.807, 2.05) is 57.3 Å². The molecule has 0 atom stereocenters. The van der Waals surface area contributed by atoms with Gasteiger partial charge < -0.3 is 10.5 Å². The summed E-state index contributed by atoms with van der Waals surface area (Å²) in [6, 6.07) is 12.1. The highest BCUT2D eigenvalue weighted by Crippen LogP contribution is 2.26. The highest BCUT2D eigenvalue weighted by atomic mass is 16.5. The Morgan fingerprint density at radius 3 is 2.62 bits per heavy atom. The summed E-state index contributed by atoms with van der Waals surface area (Å²) in [7, 11) is 0. The van der Waals surface area contributed by atoms with Gasteiger partial charge in [-0.2, -0.15) is 0 Å². The molecule has 1 aromatic carbocycles. The van der Waals surface area contributed by atoms with Crippen molar-refractivity contribution in [3.63, 3.8) is 0 Å². The molecular weight excluding hydrogens is 424 g/mol. The van der Waals surface area contributed by atoms with Gasteiger partial charge in [0.25, 0.3) is 0 Å². The number of piperidine rings is 1. The van der Waals surface area contributed by atoms with Crippen molar-refractivity contribution in [2.45, 2.75) is 45.6 Å². The molecule has 1 aliphatic heterocycles. The molecule has 2 aromatic rings. The fraction of sp³-hybridized carbons (Fsp3) is 0.393. The monoisotopic (exact) mass is 460 g/mol. The summed E-state index contributed by atoms with van der Waals surface area (Å²) in [5.41, 5.74) is 9.06. The lowest BCUT2D eigenvalue weighted by molar-refractivity contribution is -0.123. The molecule has 2 N–H and O–H groups in total. The lowest BCUT2D eigenvalue weighted by atomic mass is 9.87. The van der Waals surface area contributed by atoms with Gasteiger partial charge in [0, 0.05) is 54.8 Å². The zero-order valence-corrected chi connectivity index (χ0v) is 20.5. The number of aliphatic imine (C=N–C) groups is 1. The highest BCUT2D eigenvalue weighted by molar-refractivity contribution is 5.94. The second-order valence-corrected chi connectivity index (χ2v) is 9.69. The number of rotatable bonds is 8. The second kappa shape index (κ2) is 11.7. The number of ether oxygens (including phenoxy) is 1. The molecule has 180 valence electrons. The van der Waals surface area contributed by atoms with Crippen LogP contribution >= 0.6 is 0 Å². The quantitative estimate of drug-likeness (QED) is 0.453. The molecule has 0 saturated carbocycles. The van der Waals surface area contributed by atoms with E-state index in [-0.39, 0.29) is 11.5 Å². The van der Waals surface area contributed by atoms with Crippen LogP contribution in [-0.4, -0.2) is 46.8 Å². The van der Waals surface area contributed by atoms with Gasteiger partial charge in [-0.15, -0.1) is 0 Å². The first-order valence-electron chi connectivity index (χ1n) is 11.8. The third kappa shape index (κ3) is 7.39. The van der Waals surface area contributed by atoms with Crippen LogP contribution in [0.3, 0.4) is 0 Å². The normalized spacial score (nSPS) is 16.0. The number of nitrogens with two attached hydrogens (primary N) is 1. The van der Waals surface area contributed by atoms with Gasteiger partial charge in [0.2, 0.25) is 5.90 Å². The van der Waals surface area contributed by atoms with Crippen LogP contribution in [0.5, 0.6) is 0 Å². The van der Waals surface area contributed by atoms with Crippen molar-refractivity contribution in [1.82, 2.24) is 9.88 Å². The van der Waals surface area contributed by atoms with Crippen LogP contribution in [0.25, 0.3) is 11.1 Å². The van der Waals surface area contributed by atoms with E-state index in [0.717, 1.165) is 48.2 Å². The molecule has 2 heterocycles. The van der Waals surface area contributed by atoms with Crippen LogP contribution < -0.4 is 5.73 Å². The second-order valence-electron chi connectivity index (χ2n) is 9.69. The van der Waals surface area contributed by atoms with E-state index in [9.17, 15) is 4.79 Å². The largest absolute Gasteiger partial charge is 0.472 e. The number of hydrogen-bond acceptors (Lipinski definition) is 6. The van der Waals surface area contributed by atoms with Gasteiger partial charge in [0.15, 0.2) is 0 Å². The number of likely N-dealkylation sites (tertiary alicyclic amines) is 1. The van der Waals surface area contributed by atoms with Gasteiger partial charge in [0.1, 0.15) is 11.4 Å². The first-order chi connectivity index (χ1) is 16.3. The average Bonchev–Trinajstić information content (AvgIpc) is 2.82. The van der Waals surface area contributed by atoms with Crippen LogP contribution in [-0.2, 0) is 16.0 Å². The Bertz CT molecular complexity index is 1030. The van der Waals surface area contributed by atoms with E-state index in [1.165, 1.54) is 12.4 Å². The fourth-order valence-electron chi connectivity index (χ4n) is 4.15. The number of pyridine rings is 1. The van der Waals surface area contributed by atoms with Gasteiger partial charge >= 0.3 is 0 Å². The maximum atomic E-state index is 13.2. The Hall–Kier alpha value is -3.25. The third-order valence-corrected chi connectivity index (χ3v) is 5.80. The van der Waals surface area contributed by atoms with Gasteiger partial charge in [-0.1, -0.05) is 36.9 Å². The first-order valence-corrected chi connectivity index (χ1v) is 11.8. The van der Waals surface area contributed by atoms with Crippen molar-refractivity contribution in [3.8, 4) is 11.1 Å². The van der Waals surface area contributed by atoms with Crippen molar-refractivity contribution in [2.24, 2.45) is 16.6 Å². The van der Waals surface area contributed by atoms with Crippen molar-refractivity contribution in [3.05, 3.63) is 78.9 Å². The molecule has 6 heteroatoms. The first kappa shape index (κ1) is 25.4. The molecule has 3 rings (SSSR count). The average molecular weight is 461 g/mol. The maximum Gasteiger partial charge on any atom is 0.217 e.